The normalized spacial score (nSPS) is 25.6. The van der Waals surface area contributed by atoms with E-state index in [0.29, 0.717) is 51.5 Å². The van der Waals surface area contributed by atoms with Crippen molar-refractivity contribution in [3.63, 3.8) is 0 Å². The van der Waals surface area contributed by atoms with Crippen molar-refractivity contribution < 1.29 is 23.5 Å². The van der Waals surface area contributed by atoms with Gasteiger partial charge in [0.05, 0.1) is 46.4 Å². The number of pyridine rings is 1. The van der Waals surface area contributed by atoms with Crippen LogP contribution in [0.1, 0.15) is 70.3 Å². The predicted octanol–water partition coefficient (Wildman–Crippen LogP) is 8.96. The van der Waals surface area contributed by atoms with Crippen LogP contribution in [0.15, 0.2) is 35.4 Å². The van der Waals surface area contributed by atoms with Crippen LogP contribution in [0.4, 0.5) is 14.0 Å². The minimum absolute atomic E-state index is 0.0920. The Bertz CT molecular complexity index is 2260. The van der Waals surface area contributed by atoms with Crippen LogP contribution in [0, 0.1) is 34.9 Å². The summed E-state index contributed by atoms with van der Waals surface area (Å²) in [6, 6.07) is 11.9. The number of piperidine rings is 1. The zero-order chi connectivity index (χ0) is 38.4. The van der Waals surface area contributed by atoms with Crippen LogP contribution in [0.5, 0.6) is 0 Å². The first-order chi connectivity index (χ1) is 25.8. The molecule has 14 heteroatoms. The van der Waals surface area contributed by atoms with E-state index in [1.807, 2.05) is 42.9 Å². The fourth-order valence-electron chi connectivity index (χ4n) is 9.43. The molecule has 0 unspecified atom stereocenters. The van der Waals surface area contributed by atoms with E-state index < -0.39 is 11.4 Å². The molecule has 2 aromatic carbocycles. The Morgan fingerprint density at radius 2 is 1.93 bits per heavy atom. The van der Waals surface area contributed by atoms with Crippen molar-refractivity contribution in [2.24, 2.45) is 17.8 Å². The lowest BCUT2D eigenvalue weighted by atomic mass is 9.79. The number of halogens is 3. The number of hydrogen-bond acceptors (Lipinski definition) is 7. The molecule has 2 bridgehead atoms. The van der Waals surface area contributed by atoms with E-state index >= 15 is 4.39 Å². The monoisotopic (exact) mass is 807 g/mol. The van der Waals surface area contributed by atoms with Crippen molar-refractivity contribution in [1.29, 1.82) is 5.26 Å². The third-order valence-corrected chi connectivity index (χ3v) is 13.8. The highest BCUT2D eigenvalue weighted by molar-refractivity contribution is 7.98. The van der Waals surface area contributed by atoms with Crippen molar-refractivity contribution in [3.8, 4) is 17.2 Å². The summed E-state index contributed by atoms with van der Waals surface area (Å²) in [6.07, 6.45) is 3.35. The molecule has 2 aliphatic carbocycles. The van der Waals surface area contributed by atoms with E-state index in [9.17, 15) is 14.9 Å². The standard InChI is InChI=1S/C40H44Cl2FN5O4SSi/c1-19-23-16-28(48(34(19)23)39(50)51-12-13-54)27-17-25-36(47(27)35-21-15-29(35)46(18-21)38(49)52-40(2,3)4)24-14-20(8-7-11-44)30(22-9-6-10-26(41)31(22)42)32(43)33(24)45-37(25)53-5/h6,9-10,14,17,19,21,23,28-29,34-35H,7-8,12-13,15-16,18H2,1-5,54H3/t19-,21-,23+,28-,29-,34-,35+/m1/s1. The molecule has 4 aromatic rings. The van der Waals surface area contributed by atoms with Crippen LogP contribution in [0.25, 0.3) is 32.9 Å². The number of hydrogen-bond donors (Lipinski definition) is 0. The van der Waals surface area contributed by atoms with Crippen LogP contribution < -0.4 is 0 Å². The summed E-state index contributed by atoms with van der Waals surface area (Å²) in [5.41, 5.74) is 2.64. The lowest BCUT2D eigenvalue weighted by Crippen LogP contribution is -2.45. The van der Waals surface area contributed by atoms with Crippen molar-refractivity contribution in [2.75, 3.05) is 19.4 Å². The first-order valence-electron chi connectivity index (χ1n) is 18.8. The fraction of sp³-hybridized carbons (Fsp3) is 0.500. The van der Waals surface area contributed by atoms with Gasteiger partial charge in [-0.2, -0.15) is 5.26 Å². The number of carbonyl (C=O) groups is 2. The number of nitrogens with zero attached hydrogens (tertiary/aromatic N) is 5. The topological polar surface area (TPSA) is 101 Å². The average molecular weight is 809 g/mol. The molecule has 9 nitrogen and oxygen atoms in total. The van der Waals surface area contributed by atoms with E-state index in [4.69, 9.17) is 37.7 Å². The molecule has 0 radical (unpaired) electrons. The number of aryl methyl sites for hydroxylation is 1. The molecule has 2 aromatic heterocycles. The first-order valence-corrected chi connectivity index (χ1v) is 22.2. The molecule has 0 N–H and O–H groups in total. The summed E-state index contributed by atoms with van der Waals surface area (Å²) < 4.78 is 31.4. The third kappa shape index (κ3) is 5.96. The summed E-state index contributed by atoms with van der Waals surface area (Å²) in [4.78, 5) is 36.2. The summed E-state index contributed by atoms with van der Waals surface area (Å²) >= 11 is 14.6. The predicted molar refractivity (Wildman–Crippen MR) is 214 cm³/mol. The molecule has 0 spiro atoms. The second kappa shape index (κ2) is 13.9. The number of amides is 2. The Morgan fingerprint density at radius 3 is 2.63 bits per heavy atom. The Labute approximate surface area is 331 Å². The molecule has 5 heterocycles. The highest BCUT2D eigenvalue weighted by Crippen LogP contribution is 2.60. The average Bonchev–Trinajstić information content (AvgIpc) is 3.66. The molecule has 2 saturated carbocycles. The van der Waals surface area contributed by atoms with Crippen molar-refractivity contribution in [2.45, 2.75) is 94.2 Å². The Balaban J connectivity index is 1.39. The molecule has 284 valence electrons. The molecule has 2 amide bonds. The van der Waals surface area contributed by atoms with Gasteiger partial charge in [-0.05, 0) is 87.9 Å². The second-order valence-electron chi connectivity index (χ2n) is 16.2. The molecular weight excluding hydrogens is 765 g/mol. The molecule has 3 saturated heterocycles. The Kier molecular flexibility index (Phi) is 9.64. The molecule has 9 rings (SSSR count). The van der Waals surface area contributed by atoms with Gasteiger partial charge in [0.15, 0.2) is 5.82 Å². The number of likely N-dealkylation sites (tertiary alicyclic amines) is 1. The van der Waals surface area contributed by atoms with Gasteiger partial charge in [0.2, 0.25) is 0 Å². The van der Waals surface area contributed by atoms with Gasteiger partial charge in [0, 0.05) is 62.8 Å². The van der Waals surface area contributed by atoms with Crippen molar-refractivity contribution >= 4 is 79.2 Å². The van der Waals surface area contributed by atoms with E-state index in [-0.39, 0.29) is 71.2 Å². The van der Waals surface area contributed by atoms with Gasteiger partial charge in [-0.15, -0.1) is 11.8 Å². The lowest BCUT2D eigenvalue weighted by Gasteiger charge is -2.41. The van der Waals surface area contributed by atoms with Crippen LogP contribution in [-0.4, -0.2) is 78.9 Å². The highest BCUT2D eigenvalue weighted by atomic mass is 35.5. The summed E-state index contributed by atoms with van der Waals surface area (Å²) in [7, 11) is 0.939. The first kappa shape index (κ1) is 37.4. The number of benzene rings is 2. The maximum Gasteiger partial charge on any atom is 0.410 e. The van der Waals surface area contributed by atoms with Crippen LogP contribution in [0.3, 0.4) is 0 Å². The minimum Gasteiger partial charge on any atom is -0.450 e. The van der Waals surface area contributed by atoms with Crippen LogP contribution in [-0.2, 0) is 15.9 Å². The van der Waals surface area contributed by atoms with Gasteiger partial charge in [0.1, 0.15) is 16.1 Å². The summed E-state index contributed by atoms with van der Waals surface area (Å²) in [5, 5.41) is 12.3. The van der Waals surface area contributed by atoms with E-state index in [1.165, 1.54) is 11.8 Å². The van der Waals surface area contributed by atoms with E-state index in [0.717, 1.165) is 45.7 Å². The van der Waals surface area contributed by atoms with Gasteiger partial charge in [0.25, 0.3) is 0 Å². The maximum atomic E-state index is 17.4. The number of rotatable bonds is 8. The fourth-order valence-corrected chi connectivity index (χ4v) is 10.6. The van der Waals surface area contributed by atoms with Crippen molar-refractivity contribution in [3.05, 3.63) is 57.5 Å². The van der Waals surface area contributed by atoms with E-state index in [1.54, 1.807) is 18.2 Å². The number of ether oxygens (including phenoxy) is 2. The van der Waals surface area contributed by atoms with Gasteiger partial charge in [-0.3, -0.25) is 4.90 Å². The molecule has 7 atom stereocenters. The second-order valence-corrected chi connectivity index (χ2v) is 18.8. The lowest BCUT2D eigenvalue weighted by molar-refractivity contribution is 0.0208. The van der Waals surface area contributed by atoms with Crippen LogP contribution >= 0.6 is 35.0 Å². The van der Waals surface area contributed by atoms with Gasteiger partial charge in [-0.25, -0.2) is 19.0 Å². The quantitative estimate of drug-likeness (QED) is 0.130. The number of carbonyl (C=O) groups excluding carboxylic acids is 2. The van der Waals surface area contributed by atoms with Crippen LogP contribution in [0.2, 0.25) is 16.1 Å². The van der Waals surface area contributed by atoms with Gasteiger partial charge >= 0.3 is 12.2 Å². The summed E-state index contributed by atoms with van der Waals surface area (Å²) in [6.45, 7) is 8.74. The van der Waals surface area contributed by atoms with Crippen molar-refractivity contribution in [1.82, 2.24) is 19.4 Å². The Hall–Kier alpha value is -3.50. The number of fused-ring (bicyclic) bond motifs is 5. The minimum atomic E-state index is -0.648. The molecule has 5 fully saturated rings. The number of nitriles is 1. The van der Waals surface area contributed by atoms with Gasteiger partial charge in [-0.1, -0.05) is 42.3 Å². The SMILES string of the molecule is CSc1nc2c(F)c(-c3cccc(Cl)c3Cl)c(CCC#N)cc2c2c1cc([C@H]1C[C@H]3[C@@H](C)[C@H]3N1C(=O)OCC[SiH3])n2[C@H]1[C@@H]2C[C@H]1N(C(=O)OC(C)(C)C)C2. The zero-order valence-electron chi connectivity index (χ0n) is 31.3. The third-order valence-electron chi connectivity index (χ3n) is 11.8. The summed E-state index contributed by atoms with van der Waals surface area (Å²) in [5.74, 6) is 0.331. The maximum absolute atomic E-state index is 17.4. The number of aromatic nitrogens is 2. The largest absolute Gasteiger partial charge is 0.450 e. The molecule has 3 aliphatic heterocycles. The number of thioether (sulfide) groups is 1. The van der Waals surface area contributed by atoms with Gasteiger partial charge < -0.3 is 18.9 Å². The highest BCUT2D eigenvalue weighted by Gasteiger charge is 2.62. The zero-order valence-corrected chi connectivity index (χ0v) is 35.6. The molecule has 54 heavy (non-hydrogen) atoms. The smallest absolute Gasteiger partial charge is 0.410 e. The molecular formula is C40H44Cl2FN5O4SSi. The Morgan fingerprint density at radius 1 is 1.15 bits per heavy atom. The van der Waals surface area contributed by atoms with E-state index in [2.05, 4.69) is 23.6 Å². The molecule has 5 aliphatic rings.